The van der Waals surface area contributed by atoms with Crippen molar-refractivity contribution in [3.63, 3.8) is 0 Å². The van der Waals surface area contributed by atoms with Crippen LogP contribution in [0.15, 0.2) is 12.7 Å². The number of nitrogens with one attached hydrogen (secondary N) is 1. The minimum atomic E-state index is 1.20. The Labute approximate surface area is 166 Å². The highest BCUT2D eigenvalue weighted by molar-refractivity contribution is 4.65. The second-order valence-corrected chi connectivity index (χ2v) is 8.19. The molecule has 1 heteroatoms. The smallest absolute Gasteiger partial charge is 0.00489 e. The van der Waals surface area contributed by atoms with Crippen molar-refractivity contribution in [1.82, 2.24) is 5.32 Å². The zero-order valence-corrected chi connectivity index (χ0v) is 18.3. The van der Waals surface area contributed by atoms with Crippen LogP contribution in [0.3, 0.4) is 0 Å². The normalized spacial score (nSPS) is 11.1. The number of hydrogen-bond donors (Lipinski definition) is 1. The van der Waals surface area contributed by atoms with Gasteiger partial charge in [-0.05, 0) is 38.8 Å². The second kappa shape index (κ2) is 24.7. The lowest BCUT2D eigenvalue weighted by Crippen LogP contribution is -2.16. The van der Waals surface area contributed by atoms with Crippen molar-refractivity contribution >= 4 is 0 Å². The van der Waals surface area contributed by atoms with Gasteiger partial charge in [0.15, 0.2) is 0 Å². The average Bonchev–Trinajstić information content (AvgIpc) is 2.66. The predicted octanol–water partition coefficient (Wildman–Crippen LogP) is 8.58. The van der Waals surface area contributed by atoms with E-state index in [-0.39, 0.29) is 0 Å². The summed E-state index contributed by atoms with van der Waals surface area (Å²) in [5.41, 5.74) is 0. The van der Waals surface area contributed by atoms with Crippen molar-refractivity contribution in [2.24, 2.45) is 0 Å². The van der Waals surface area contributed by atoms with Crippen LogP contribution in [0.25, 0.3) is 0 Å². The molecule has 0 aliphatic rings. The molecule has 0 fully saturated rings. The summed E-state index contributed by atoms with van der Waals surface area (Å²) in [7, 11) is 0. The highest BCUT2D eigenvalue weighted by Crippen LogP contribution is 2.11. The largest absolute Gasteiger partial charge is 0.317 e. The van der Waals surface area contributed by atoms with Gasteiger partial charge in [0, 0.05) is 0 Å². The minimum Gasteiger partial charge on any atom is -0.317 e. The molecular formula is C25H51N. The molecule has 1 nitrogen and oxygen atoms in total. The van der Waals surface area contributed by atoms with Gasteiger partial charge < -0.3 is 5.32 Å². The van der Waals surface area contributed by atoms with E-state index in [2.05, 4.69) is 18.8 Å². The third kappa shape index (κ3) is 23.7. The van der Waals surface area contributed by atoms with Crippen molar-refractivity contribution in [3.8, 4) is 0 Å². The average molecular weight is 366 g/mol. The summed E-state index contributed by atoms with van der Waals surface area (Å²) in [5, 5.41) is 3.63. The summed E-state index contributed by atoms with van der Waals surface area (Å²) in [5.74, 6) is 0. The van der Waals surface area contributed by atoms with Gasteiger partial charge in [0.1, 0.15) is 0 Å². The molecule has 0 aliphatic carbocycles. The van der Waals surface area contributed by atoms with E-state index >= 15 is 0 Å². The molecule has 0 heterocycles. The van der Waals surface area contributed by atoms with Crippen LogP contribution in [0.4, 0.5) is 0 Å². The lowest BCUT2D eigenvalue weighted by Gasteiger charge is -2.05. The fourth-order valence-corrected chi connectivity index (χ4v) is 3.64. The SMILES string of the molecule is C=CCCCCCCCCCCCNCCCCCCCCCCCC. The molecule has 0 aliphatic heterocycles. The number of hydrogen-bond acceptors (Lipinski definition) is 1. The Bertz CT molecular complexity index is 249. The molecule has 0 unspecified atom stereocenters. The molecule has 1 N–H and O–H groups in total. The molecule has 0 aromatic carbocycles. The molecule has 0 spiro atoms. The Morgan fingerprint density at radius 2 is 0.846 bits per heavy atom. The Morgan fingerprint density at radius 3 is 1.23 bits per heavy atom. The molecule has 0 radical (unpaired) electrons. The van der Waals surface area contributed by atoms with Crippen LogP contribution < -0.4 is 5.32 Å². The van der Waals surface area contributed by atoms with Gasteiger partial charge in [-0.1, -0.05) is 116 Å². The molecule has 0 bridgehead atoms. The second-order valence-electron chi connectivity index (χ2n) is 8.19. The Morgan fingerprint density at radius 1 is 0.500 bits per heavy atom. The maximum Gasteiger partial charge on any atom is -0.00489 e. The predicted molar refractivity (Wildman–Crippen MR) is 121 cm³/mol. The Balaban J connectivity index is 2.96. The van der Waals surface area contributed by atoms with E-state index in [1.807, 2.05) is 6.08 Å². The lowest BCUT2D eigenvalue weighted by molar-refractivity contribution is 0.526. The highest BCUT2D eigenvalue weighted by atomic mass is 14.8. The number of rotatable bonds is 23. The van der Waals surface area contributed by atoms with Crippen LogP contribution >= 0.6 is 0 Å². The van der Waals surface area contributed by atoms with Crippen molar-refractivity contribution in [3.05, 3.63) is 12.7 Å². The standard InChI is InChI=1S/C25H51N/c1-3-5-7-9-11-13-15-17-19-21-23-25-26-24-22-20-18-16-14-12-10-8-6-4-2/h3,26H,1,4-25H2,2H3. The van der Waals surface area contributed by atoms with Crippen LogP contribution in [0, 0.1) is 0 Å². The van der Waals surface area contributed by atoms with Crippen molar-refractivity contribution in [2.45, 2.75) is 135 Å². The third-order valence-electron chi connectivity index (χ3n) is 5.47. The molecule has 0 atom stereocenters. The molecule has 26 heavy (non-hydrogen) atoms. The van der Waals surface area contributed by atoms with Gasteiger partial charge in [-0.15, -0.1) is 6.58 Å². The van der Waals surface area contributed by atoms with Gasteiger partial charge in [0.25, 0.3) is 0 Å². The van der Waals surface area contributed by atoms with Gasteiger partial charge in [-0.3, -0.25) is 0 Å². The van der Waals surface area contributed by atoms with E-state index < -0.39 is 0 Å². The number of unbranched alkanes of at least 4 members (excludes halogenated alkanes) is 18. The first kappa shape index (κ1) is 25.7. The van der Waals surface area contributed by atoms with Crippen molar-refractivity contribution < 1.29 is 0 Å². The summed E-state index contributed by atoms with van der Waals surface area (Å²) in [6.45, 7) is 8.55. The first-order chi connectivity index (χ1) is 12.9. The summed E-state index contributed by atoms with van der Waals surface area (Å²) < 4.78 is 0. The Hall–Kier alpha value is -0.300. The summed E-state index contributed by atoms with van der Waals surface area (Å²) in [4.78, 5) is 0. The molecule has 0 aromatic heterocycles. The molecular weight excluding hydrogens is 314 g/mol. The van der Waals surface area contributed by atoms with E-state index in [0.717, 1.165) is 0 Å². The number of allylic oxidation sites excluding steroid dienone is 1. The van der Waals surface area contributed by atoms with Crippen LogP contribution in [0.2, 0.25) is 0 Å². The maximum atomic E-state index is 3.78. The first-order valence-corrected chi connectivity index (χ1v) is 12.2. The fraction of sp³-hybridized carbons (Fsp3) is 0.920. The Kier molecular flexibility index (Phi) is 24.4. The van der Waals surface area contributed by atoms with Gasteiger partial charge in [0.05, 0.1) is 0 Å². The molecule has 0 saturated carbocycles. The topological polar surface area (TPSA) is 12.0 Å². The van der Waals surface area contributed by atoms with Gasteiger partial charge in [-0.25, -0.2) is 0 Å². The van der Waals surface area contributed by atoms with Crippen molar-refractivity contribution in [2.75, 3.05) is 13.1 Å². The van der Waals surface area contributed by atoms with E-state index in [1.54, 1.807) is 0 Å². The van der Waals surface area contributed by atoms with E-state index in [1.165, 1.54) is 142 Å². The van der Waals surface area contributed by atoms with E-state index in [0.29, 0.717) is 0 Å². The minimum absolute atomic E-state index is 1.20. The summed E-state index contributed by atoms with van der Waals surface area (Å²) in [6.07, 6.45) is 30.3. The van der Waals surface area contributed by atoms with Crippen LogP contribution in [0.1, 0.15) is 135 Å². The monoisotopic (exact) mass is 365 g/mol. The van der Waals surface area contributed by atoms with E-state index in [4.69, 9.17) is 0 Å². The molecule has 0 aromatic rings. The first-order valence-electron chi connectivity index (χ1n) is 12.2. The molecule has 0 saturated heterocycles. The van der Waals surface area contributed by atoms with Crippen LogP contribution in [-0.2, 0) is 0 Å². The maximum absolute atomic E-state index is 3.78. The van der Waals surface area contributed by atoms with Crippen molar-refractivity contribution in [1.29, 1.82) is 0 Å². The van der Waals surface area contributed by atoms with E-state index in [9.17, 15) is 0 Å². The summed E-state index contributed by atoms with van der Waals surface area (Å²) in [6, 6.07) is 0. The zero-order chi connectivity index (χ0) is 19.0. The fourth-order valence-electron chi connectivity index (χ4n) is 3.64. The zero-order valence-electron chi connectivity index (χ0n) is 18.3. The van der Waals surface area contributed by atoms with Crippen LogP contribution in [0.5, 0.6) is 0 Å². The summed E-state index contributed by atoms with van der Waals surface area (Å²) >= 11 is 0. The van der Waals surface area contributed by atoms with Gasteiger partial charge >= 0.3 is 0 Å². The highest BCUT2D eigenvalue weighted by Gasteiger charge is 1.94. The quantitative estimate of drug-likeness (QED) is 0.141. The third-order valence-corrected chi connectivity index (χ3v) is 5.47. The van der Waals surface area contributed by atoms with Gasteiger partial charge in [-0.2, -0.15) is 0 Å². The molecule has 0 amide bonds. The van der Waals surface area contributed by atoms with Gasteiger partial charge in [0.2, 0.25) is 0 Å². The molecule has 0 rings (SSSR count). The lowest BCUT2D eigenvalue weighted by atomic mass is 10.1. The molecule has 156 valence electrons. The van der Waals surface area contributed by atoms with Crippen LogP contribution in [-0.4, -0.2) is 13.1 Å².